The molecule has 2 heterocycles. The molecule has 0 N–H and O–H groups in total. The van der Waals surface area contributed by atoms with Crippen LogP contribution >= 0.6 is 22.9 Å². The Kier molecular flexibility index (Phi) is 5.24. The summed E-state index contributed by atoms with van der Waals surface area (Å²) in [6, 6.07) is 16.2. The molecule has 6 nitrogen and oxygen atoms in total. The number of cyclic esters (lactones) is 1. The first-order valence-electron chi connectivity index (χ1n) is 8.61. The molecular weight excluding hydrogens is 410 g/mol. The summed E-state index contributed by atoms with van der Waals surface area (Å²) in [6.45, 7) is 1.47. The third-order valence-electron chi connectivity index (χ3n) is 4.04. The van der Waals surface area contributed by atoms with Gasteiger partial charge in [-0.25, -0.2) is 14.8 Å². The van der Waals surface area contributed by atoms with Crippen molar-refractivity contribution in [1.82, 2.24) is 4.98 Å². The van der Waals surface area contributed by atoms with E-state index in [0.717, 1.165) is 0 Å². The number of hydrogen-bond donors (Lipinski definition) is 0. The first-order valence-corrected chi connectivity index (χ1v) is 9.87. The number of nitrogens with zero attached hydrogens (tertiary/aromatic N) is 3. The summed E-state index contributed by atoms with van der Waals surface area (Å²) in [4.78, 5) is 34.6. The van der Waals surface area contributed by atoms with E-state index < -0.39 is 5.97 Å². The Balaban J connectivity index is 1.64. The molecule has 1 aliphatic heterocycles. The zero-order valence-electron chi connectivity index (χ0n) is 15.2. The van der Waals surface area contributed by atoms with Crippen LogP contribution in [0.1, 0.15) is 18.2 Å². The quantitative estimate of drug-likeness (QED) is 0.445. The molecule has 0 atom stereocenters. The molecule has 0 fully saturated rings. The highest BCUT2D eigenvalue weighted by Crippen LogP contribution is 2.30. The summed E-state index contributed by atoms with van der Waals surface area (Å²) in [5, 5.41) is 2.69. The van der Waals surface area contributed by atoms with Crippen molar-refractivity contribution >= 4 is 57.6 Å². The van der Waals surface area contributed by atoms with Gasteiger partial charge in [0.25, 0.3) is 0 Å². The number of carbonyl (C=O) groups excluding carboxylic acids is 2. The van der Waals surface area contributed by atoms with Gasteiger partial charge in [-0.3, -0.25) is 9.69 Å². The number of amides is 1. The Morgan fingerprint density at radius 1 is 1.14 bits per heavy atom. The Bertz CT molecular complexity index is 1150. The summed E-state index contributed by atoms with van der Waals surface area (Å²) in [7, 11) is 0. The second-order valence-electron chi connectivity index (χ2n) is 6.06. The highest BCUT2D eigenvalue weighted by Gasteiger charge is 2.26. The van der Waals surface area contributed by atoms with E-state index in [4.69, 9.17) is 16.3 Å². The van der Waals surface area contributed by atoms with E-state index in [2.05, 4.69) is 9.98 Å². The van der Waals surface area contributed by atoms with Gasteiger partial charge in [-0.15, -0.1) is 11.3 Å². The van der Waals surface area contributed by atoms with Crippen LogP contribution in [0.25, 0.3) is 6.08 Å². The molecule has 0 bridgehead atoms. The number of aromatic nitrogens is 1. The molecular formula is C21H14ClN3O3S. The first kappa shape index (κ1) is 19.0. The number of thiazole rings is 1. The molecule has 3 aromatic rings. The van der Waals surface area contributed by atoms with Gasteiger partial charge in [0.2, 0.25) is 11.8 Å². The normalized spacial score (nSPS) is 14.6. The van der Waals surface area contributed by atoms with Gasteiger partial charge in [0, 0.05) is 12.3 Å². The zero-order chi connectivity index (χ0) is 20.4. The lowest BCUT2D eigenvalue weighted by Gasteiger charge is -2.17. The lowest BCUT2D eigenvalue weighted by molar-refractivity contribution is -0.130. The van der Waals surface area contributed by atoms with Crippen molar-refractivity contribution in [1.29, 1.82) is 0 Å². The predicted molar refractivity (Wildman–Crippen MR) is 113 cm³/mol. The second-order valence-corrected chi connectivity index (χ2v) is 7.30. The fourth-order valence-corrected chi connectivity index (χ4v) is 3.81. The van der Waals surface area contributed by atoms with Gasteiger partial charge in [0.05, 0.1) is 22.0 Å². The van der Waals surface area contributed by atoms with Crippen LogP contribution in [0.5, 0.6) is 0 Å². The largest absolute Gasteiger partial charge is 0.402 e. The standard InChI is InChI=1S/C21H14ClN3O3S/c1-13(26)25(15-7-3-2-4-8-15)21-23-14(12-29-21)11-18-20(27)28-19(24-18)16-9-5-6-10-17(16)22/h2-12H,1H3/b18-11+. The lowest BCUT2D eigenvalue weighted by atomic mass is 10.2. The Labute approximate surface area is 175 Å². The molecule has 8 heteroatoms. The van der Waals surface area contributed by atoms with Crippen LogP contribution in [-0.2, 0) is 14.3 Å². The summed E-state index contributed by atoms with van der Waals surface area (Å²) >= 11 is 7.44. The highest BCUT2D eigenvalue weighted by atomic mass is 35.5. The first-order chi connectivity index (χ1) is 14.0. The third-order valence-corrected chi connectivity index (χ3v) is 5.21. The molecule has 0 radical (unpaired) electrons. The topological polar surface area (TPSA) is 71.9 Å². The van der Waals surface area contributed by atoms with Crippen LogP contribution in [0.15, 0.2) is 70.7 Å². The van der Waals surface area contributed by atoms with Gasteiger partial charge in [-0.1, -0.05) is 41.9 Å². The average Bonchev–Trinajstić information content (AvgIpc) is 3.30. The molecule has 1 aliphatic rings. The number of carbonyl (C=O) groups is 2. The van der Waals surface area contributed by atoms with Crippen LogP contribution in [0, 0.1) is 0 Å². The van der Waals surface area contributed by atoms with E-state index in [0.29, 0.717) is 27.1 Å². The van der Waals surface area contributed by atoms with E-state index in [1.54, 1.807) is 29.6 Å². The smallest absolute Gasteiger partial charge is 0.363 e. The van der Waals surface area contributed by atoms with E-state index in [9.17, 15) is 9.59 Å². The number of benzene rings is 2. The molecule has 4 rings (SSSR count). The number of hydrogen-bond acceptors (Lipinski definition) is 6. The molecule has 0 unspecified atom stereocenters. The van der Waals surface area contributed by atoms with Crippen molar-refractivity contribution in [3.05, 3.63) is 82.0 Å². The molecule has 0 aliphatic carbocycles. The van der Waals surface area contributed by atoms with Crippen molar-refractivity contribution in [2.75, 3.05) is 4.90 Å². The Morgan fingerprint density at radius 2 is 1.86 bits per heavy atom. The van der Waals surface area contributed by atoms with Crippen molar-refractivity contribution in [2.45, 2.75) is 6.92 Å². The van der Waals surface area contributed by atoms with Gasteiger partial charge >= 0.3 is 5.97 Å². The van der Waals surface area contributed by atoms with Gasteiger partial charge in [0.15, 0.2) is 10.8 Å². The van der Waals surface area contributed by atoms with Crippen LogP contribution in [0.2, 0.25) is 5.02 Å². The van der Waals surface area contributed by atoms with Crippen molar-refractivity contribution in [3.8, 4) is 0 Å². The van der Waals surface area contributed by atoms with E-state index in [-0.39, 0.29) is 17.5 Å². The maximum Gasteiger partial charge on any atom is 0.363 e. The minimum absolute atomic E-state index is 0.117. The minimum atomic E-state index is -0.582. The molecule has 29 heavy (non-hydrogen) atoms. The maximum atomic E-state index is 12.2. The molecule has 2 aromatic carbocycles. The van der Waals surface area contributed by atoms with Crippen molar-refractivity contribution in [2.24, 2.45) is 4.99 Å². The summed E-state index contributed by atoms with van der Waals surface area (Å²) in [5.74, 6) is -0.595. The van der Waals surface area contributed by atoms with Crippen LogP contribution < -0.4 is 4.90 Å². The number of esters is 1. The molecule has 0 spiro atoms. The third kappa shape index (κ3) is 3.96. The fraction of sp³-hybridized carbons (Fsp3) is 0.0476. The second kappa shape index (κ2) is 7.98. The predicted octanol–water partition coefficient (Wildman–Crippen LogP) is 4.83. The number of rotatable bonds is 4. The van der Waals surface area contributed by atoms with Crippen molar-refractivity contribution in [3.63, 3.8) is 0 Å². The summed E-state index contributed by atoms with van der Waals surface area (Å²) < 4.78 is 5.24. The molecule has 0 saturated heterocycles. The van der Waals surface area contributed by atoms with Crippen LogP contribution in [-0.4, -0.2) is 22.8 Å². The fourth-order valence-electron chi connectivity index (χ4n) is 2.75. The maximum absolute atomic E-state index is 12.2. The Morgan fingerprint density at radius 3 is 2.59 bits per heavy atom. The number of aliphatic imine (C=N–C) groups is 1. The minimum Gasteiger partial charge on any atom is -0.402 e. The monoisotopic (exact) mass is 423 g/mol. The number of halogens is 1. The van der Waals surface area contributed by atoms with E-state index in [1.807, 2.05) is 30.3 Å². The Hall–Kier alpha value is -3.29. The van der Waals surface area contributed by atoms with E-state index >= 15 is 0 Å². The van der Waals surface area contributed by atoms with Crippen LogP contribution in [0.3, 0.4) is 0 Å². The molecule has 1 aromatic heterocycles. The van der Waals surface area contributed by atoms with Gasteiger partial charge in [-0.2, -0.15) is 0 Å². The SMILES string of the molecule is CC(=O)N(c1ccccc1)c1nc(/C=C2/N=C(c3ccccc3Cl)OC2=O)cs1. The van der Waals surface area contributed by atoms with Crippen molar-refractivity contribution < 1.29 is 14.3 Å². The average molecular weight is 424 g/mol. The number of ether oxygens (including phenoxy) is 1. The van der Waals surface area contributed by atoms with Gasteiger partial charge in [0.1, 0.15) is 0 Å². The molecule has 0 saturated carbocycles. The van der Waals surface area contributed by atoms with Crippen LogP contribution in [0.4, 0.5) is 10.8 Å². The van der Waals surface area contributed by atoms with E-state index in [1.165, 1.54) is 29.2 Å². The van der Waals surface area contributed by atoms with Gasteiger partial charge in [-0.05, 0) is 30.3 Å². The highest BCUT2D eigenvalue weighted by molar-refractivity contribution is 7.14. The lowest BCUT2D eigenvalue weighted by Crippen LogP contribution is -2.22. The molecule has 144 valence electrons. The zero-order valence-corrected chi connectivity index (χ0v) is 16.8. The molecule has 1 amide bonds. The number of para-hydroxylation sites is 1. The van der Waals surface area contributed by atoms with Gasteiger partial charge < -0.3 is 4.74 Å². The number of anilines is 2. The summed E-state index contributed by atoms with van der Waals surface area (Å²) in [5.41, 5.74) is 1.87. The summed E-state index contributed by atoms with van der Waals surface area (Å²) in [6.07, 6.45) is 1.52.